The van der Waals surface area contributed by atoms with E-state index in [1.165, 1.54) is 35.7 Å². The summed E-state index contributed by atoms with van der Waals surface area (Å²) in [6, 6.07) is 9.88. The molecule has 0 unspecified atom stereocenters. The third kappa shape index (κ3) is 4.86. The largest absolute Gasteiger partial charge is 0.490 e. The van der Waals surface area contributed by atoms with Crippen LogP contribution in [0.15, 0.2) is 47.4 Å². The Morgan fingerprint density at radius 2 is 1.84 bits per heavy atom. The Kier molecular flexibility index (Phi) is 6.91. The Morgan fingerprint density at radius 3 is 2.48 bits per heavy atom. The van der Waals surface area contributed by atoms with Crippen LogP contribution in [0.4, 0.5) is 11.4 Å². The van der Waals surface area contributed by atoms with E-state index in [1.54, 1.807) is 19.2 Å². The zero-order valence-electron chi connectivity index (χ0n) is 17.4. The van der Waals surface area contributed by atoms with E-state index >= 15 is 0 Å². The normalized spacial score (nSPS) is 14.9. The molecule has 31 heavy (non-hydrogen) atoms. The molecule has 0 aliphatic heterocycles. The number of para-hydroxylation sites is 1. The summed E-state index contributed by atoms with van der Waals surface area (Å²) in [5.41, 5.74) is -0.220. The van der Waals surface area contributed by atoms with E-state index < -0.39 is 20.9 Å². The van der Waals surface area contributed by atoms with Crippen LogP contribution in [0.25, 0.3) is 0 Å². The lowest BCUT2D eigenvalue weighted by atomic mass is 9.96. The topological polar surface area (TPSA) is 119 Å². The number of nitrogens with one attached hydrogen (secondary N) is 1. The van der Waals surface area contributed by atoms with Crippen LogP contribution in [0.5, 0.6) is 5.75 Å². The zero-order chi connectivity index (χ0) is 22.6. The second kappa shape index (κ2) is 9.44. The summed E-state index contributed by atoms with van der Waals surface area (Å²) < 4.78 is 32.9. The van der Waals surface area contributed by atoms with Gasteiger partial charge in [0.25, 0.3) is 5.91 Å². The number of hydrogen-bond acceptors (Lipinski definition) is 6. The van der Waals surface area contributed by atoms with Gasteiger partial charge in [-0.2, -0.15) is 4.31 Å². The highest BCUT2D eigenvalue weighted by atomic mass is 32.2. The van der Waals surface area contributed by atoms with Gasteiger partial charge >= 0.3 is 5.69 Å². The minimum Gasteiger partial charge on any atom is -0.490 e. The molecule has 0 aromatic heterocycles. The van der Waals surface area contributed by atoms with Gasteiger partial charge < -0.3 is 10.1 Å². The van der Waals surface area contributed by atoms with Crippen LogP contribution in [0, 0.1) is 10.1 Å². The van der Waals surface area contributed by atoms with Crippen molar-refractivity contribution in [1.29, 1.82) is 0 Å². The quantitative estimate of drug-likeness (QED) is 0.509. The van der Waals surface area contributed by atoms with Gasteiger partial charge in [0.1, 0.15) is 4.90 Å². The molecule has 0 bridgehead atoms. The molecule has 1 saturated carbocycles. The zero-order valence-corrected chi connectivity index (χ0v) is 18.2. The summed E-state index contributed by atoms with van der Waals surface area (Å²) in [4.78, 5) is 23.3. The van der Waals surface area contributed by atoms with Gasteiger partial charge in [0.05, 0.1) is 17.7 Å². The molecule has 1 fully saturated rings. The molecular weight excluding hydrogens is 422 g/mol. The van der Waals surface area contributed by atoms with Gasteiger partial charge in [0.2, 0.25) is 10.0 Å². The number of nitrogens with zero attached hydrogens (tertiary/aromatic N) is 2. The number of anilines is 1. The number of benzene rings is 2. The SMILES string of the molecule is COc1ccc(C(=O)Nc2ccccc2S(=O)(=O)N(C)C2CCCCC2)cc1[N+](=O)[O-]. The lowest BCUT2D eigenvalue weighted by molar-refractivity contribution is -0.385. The summed E-state index contributed by atoms with van der Waals surface area (Å²) in [5, 5.41) is 13.8. The Labute approximate surface area is 181 Å². The highest BCUT2D eigenvalue weighted by Gasteiger charge is 2.31. The first kappa shape index (κ1) is 22.7. The third-order valence-corrected chi connectivity index (χ3v) is 7.49. The fraction of sp³-hybridized carbons (Fsp3) is 0.381. The molecule has 9 nitrogen and oxygen atoms in total. The number of hydrogen-bond donors (Lipinski definition) is 1. The van der Waals surface area contributed by atoms with Crippen molar-refractivity contribution in [2.24, 2.45) is 0 Å². The number of methoxy groups -OCH3 is 1. The van der Waals surface area contributed by atoms with Crippen molar-refractivity contribution in [3.8, 4) is 5.75 Å². The molecule has 0 saturated heterocycles. The van der Waals surface area contributed by atoms with Crippen molar-refractivity contribution in [2.75, 3.05) is 19.5 Å². The van der Waals surface area contributed by atoms with Crippen LogP contribution in [0.1, 0.15) is 42.5 Å². The fourth-order valence-corrected chi connectivity index (χ4v) is 5.32. The Balaban J connectivity index is 1.89. The number of ether oxygens (including phenoxy) is 1. The highest BCUT2D eigenvalue weighted by Crippen LogP contribution is 2.31. The average Bonchev–Trinajstić information content (AvgIpc) is 2.78. The molecule has 1 amide bonds. The molecule has 1 N–H and O–H groups in total. The minimum absolute atomic E-state index is 0.0142. The summed E-state index contributed by atoms with van der Waals surface area (Å²) in [6.45, 7) is 0. The van der Waals surface area contributed by atoms with Crippen molar-refractivity contribution in [1.82, 2.24) is 4.31 Å². The smallest absolute Gasteiger partial charge is 0.311 e. The van der Waals surface area contributed by atoms with Crippen LogP contribution in [0.2, 0.25) is 0 Å². The van der Waals surface area contributed by atoms with E-state index in [2.05, 4.69) is 5.32 Å². The van der Waals surface area contributed by atoms with Gasteiger partial charge in [-0.3, -0.25) is 14.9 Å². The van der Waals surface area contributed by atoms with Crippen molar-refractivity contribution >= 4 is 27.3 Å². The summed E-state index contributed by atoms with van der Waals surface area (Å²) >= 11 is 0. The van der Waals surface area contributed by atoms with Crippen LogP contribution >= 0.6 is 0 Å². The second-order valence-corrected chi connectivity index (χ2v) is 9.37. The van der Waals surface area contributed by atoms with E-state index in [1.807, 2.05) is 0 Å². The molecule has 2 aromatic rings. The van der Waals surface area contributed by atoms with Gasteiger partial charge in [-0.15, -0.1) is 0 Å². The predicted octanol–water partition coefficient (Wildman–Crippen LogP) is 3.81. The standard InChI is InChI=1S/C21H25N3O6S/c1-23(16-8-4-3-5-9-16)31(28,29)20-11-7-6-10-17(20)22-21(25)15-12-13-19(30-2)18(14-15)24(26)27/h6-7,10-14,16H,3-5,8-9H2,1-2H3,(H,22,25). The van der Waals surface area contributed by atoms with Gasteiger partial charge in [-0.05, 0) is 37.1 Å². The van der Waals surface area contributed by atoms with E-state index in [-0.39, 0.29) is 33.6 Å². The van der Waals surface area contributed by atoms with Gasteiger partial charge in [0.15, 0.2) is 5.75 Å². The molecule has 166 valence electrons. The van der Waals surface area contributed by atoms with Crippen LogP contribution < -0.4 is 10.1 Å². The number of nitro benzene ring substituents is 1. The second-order valence-electron chi connectivity index (χ2n) is 7.41. The maximum absolute atomic E-state index is 13.3. The van der Waals surface area contributed by atoms with E-state index in [4.69, 9.17) is 4.74 Å². The Hall–Kier alpha value is -2.98. The molecular formula is C21H25N3O6S. The Morgan fingerprint density at radius 1 is 1.16 bits per heavy atom. The van der Waals surface area contributed by atoms with Crippen molar-refractivity contribution in [3.05, 3.63) is 58.1 Å². The van der Waals surface area contributed by atoms with Crippen LogP contribution in [-0.2, 0) is 10.0 Å². The fourth-order valence-electron chi connectivity index (χ4n) is 3.76. The molecule has 10 heteroatoms. The first-order valence-electron chi connectivity index (χ1n) is 9.96. The molecule has 1 aliphatic rings. The molecule has 3 rings (SSSR count). The number of nitro groups is 1. The van der Waals surface area contributed by atoms with Crippen LogP contribution in [0.3, 0.4) is 0 Å². The van der Waals surface area contributed by atoms with Gasteiger partial charge in [-0.25, -0.2) is 8.42 Å². The lowest BCUT2D eigenvalue weighted by Gasteiger charge is -2.30. The summed E-state index contributed by atoms with van der Waals surface area (Å²) in [5.74, 6) is -0.632. The number of carbonyl (C=O) groups is 1. The molecule has 2 aromatic carbocycles. The lowest BCUT2D eigenvalue weighted by Crippen LogP contribution is -2.38. The summed E-state index contributed by atoms with van der Waals surface area (Å²) in [6.07, 6.45) is 4.68. The predicted molar refractivity (Wildman–Crippen MR) is 116 cm³/mol. The maximum Gasteiger partial charge on any atom is 0.311 e. The van der Waals surface area contributed by atoms with Crippen molar-refractivity contribution in [3.63, 3.8) is 0 Å². The van der Waals surface area contributed by atoms with E-state index in [9.17, 15) is 23.3 Å². The van der Waals surface area contributed by atoms with E-state index in [0.29, 0.717) is 0 Å². The molecule has 0 spiro atoms. The maximum atomic E-state index is 13.3. The monoisotopic (exact) mass is 447 g/mol. The highest BCUT2D eigenvalue weighted by molar-refractivity contribution is 7.89. The van der Waals surface area contributed by atoms with E-state index in [0.717, 1.165) is 38.2 Å². The molecule has 0 radical (unpaired) electrons. The number of carbonyl (C=O) groups excluding carboxylic acids is 1. The number of sulfonamides is 1. The molecule has 0 heterocycles. The molecule has 1 aliphatic carbocycles. The van der Waals surface area contributed by atoms with Crippen molar-refractivity contribution < 1.29 is 22.9 Å². The Bertz CT molecular complexity index is 1080. The van der Waals surface area contributed by atoms with Crippen molar-refractivity contribution in [2.45, 2.75) is 43.0 Å². The minimum atomic E-state index is -3.84. The number of amides is 1. The first-order chi connectivity index (χ1) is 14.8. The third-order valence-electron chi connectivity index (χ3n) is 5.52. The first-order valence-corrected chi connectivity index (χ1v) is 11.4. The average molecular weight is 448 g/mol. The van der Waals surface area contributed by atoms with Crippen LogP contribution in [-0.4, -0.2) is 43.8 Å². The summed E-state index contributed by atoms with van der Waals surface area (Å²) in [7, 11) is -0.975. The number of rotatable bonds is 7. The van der Waals surface area contributed by atoms with Gasteiger partial charge in [0, 0.05) is 24.7 Å². The molecule has 0 atom stereocenters. The van der Waals surface area contributed by atoms with Gasteiger partial charge in [-0.1, -0.05) is 31.4 Å².